The lowest BCUT2D eigenvalue weighted by Crippen LogP contribution is -2.46. The number of benzene rings is 1. The third kappa shape index (κ3) is 4.46. The summed E-state index contributed by atoms with van der Waals surface area (Å²) in [6, 6.07) is 14.0. The molecule has 28 heavy (non-hydrogen) atoms. The highest BCUT2D eigenvalue weighted by molar-refractivity contribution is 5.86. The van der Waals surface area contributed by atoms with Crippen LogP contribution in [0.2, 0.25) is 0 Å². The third-order valence-corrected chi connectivity index (χ3v) is 5.74. The van der Waals surface area contributed by atoms with E-state index in [-0.39, 0.29) is 30.3 Å². The zero-order chi connectivity index (χ0) is 19.5. The van der Waals surface area contributed by atoms with E-state index in [1.807, 2.05) is 54.3 Å². The van der Waals surface area contributed by atoms with E-state index in [9.17, 15) is 9.59 Å². The van der Waals surface area contributed by atoms with Gasteiger partial charge >= 0.3 is 0 Å². The van der Waals surface area contributed by atoms with Crippen molar-refractivity contribution in [2.24, 2.45) is 5.92 Å². The van der Waals surface area contributed by atoms with Gasteiger partial charge in [-0.05, 0) is 50.3 Å². The van der Waals surface area contributed by atoms with Gasteiger partial charge in [-0.25, -0.2) is 0 Å². The first kappa shape index (κ1) is 18.8. The Labute approximate surface area is 166 Å². The molecule has 0 bridgehead atoms. The van der Waals surface area contributed by atoms with Crippen molar-refractivity contribution in [1.29, 1.82) is 0 Å². The van der Waals surface area contributed by atoms with Crippen molar-refractivity contribution in [3.63, 3.8) is 0 Å². The second-order valence-electron chi connectivity index (χ2n) is 8.07. The number of carbonyl (C=O) groups excluding carboxylic acids is 2. The zero-order valence-corrected chi connectivity index (χ0v) is 16.5. The first-order chi connectivity index (χ1) is 13.6. The van der Waals surface area contributed by atoms with Crippen molar-refractivity contribution < 1.29 is 14.0 Å². The summed E-state index contributed by atoms with van der Waals surface area (Å²) in [5, 5.41) is 0. The van der Waals surface area contributed by atoms with E-state index >= 15 is 0 Å². The van der Waals surface area contributed by atoms with Crippen LogP contribution in [0.15, 0.2) is 46.9 Å². The van der Waals surface area contributed by atoms with Crippen molar-refractivity contribution in [3.05, 3.63) is 59.5 Å². The van der Waals surface area contributed by atoms with Gasteiger partial charge in [0.25, 0.3) is 0 Å². The van der Waals surface area contributed by atoms with Crippen molar-refractivity contribution >= 4 is 11.8 Å². The summed E-state index contributed by atoms with van der Waals surface area (Å²) in [5.74, 6) is 1.89. The van der Waals surface area contributed by atoms with Gasteiger partial charge in [0.05, 0.1) is 6.54 Å². The fourth-order valence-corrected chi connectivity index (χ4v) is 3.70. The molecule has 0 N–H and O–H groups in total. The summed E-state index contributed by atoms with van der Waals surface area (Å²) in [5.41, 5.74) is 1.07. The Morgan fingerprint density at radius 3 is 2.32 bits per heavy atom. The molecule has 148 valence electrons. The second-order valence-corrected chi connectivity index (χ2v) is 8.07. The third-order valence-electron chi connectivity index (χ3n) is 5.74. The molecule has 0 spiro atoms. The summed E-state index contributed by atoms with van der Waals surface area (Å²) in [6.07, 6.45) is 5.09. The van der Waals surface area contributed by atoms with E-state index in [2.05, 4.69) is 0 Å². The van der Waals surface area contributed by atoms with E-state index in [0.29, 0.717) is 13.1 Å². The minimum absolute atomic E-state index is 0.0162. The molecular formula is C23H28N2O3. The van der Waals surface area contributed by atoms with Gasteiger partial charge in [0.1, 0.15) is 18.1 Å². The second kappa shape index (κ2) is 8.21. The largest absolute Gasteiger partial charge is 0.464 e. The number of nitrogens with zero attached hydrogens (tertiary/aromatic N) is 2. The number of furan rings is 1. The molecule has 0 saturated heterocycles. The lowest BCUT2D eigenvalue weighted by molar-refractivity contribution is -0.145. The van der Waals surface area contributed by atoms with Crippen molar-refractivity contribution in [2.75, 3.05) is 6.54 Å². The summed E-state index contributed by atoms with van der Waals surface area (Å²) in [6.45, 7) is 3.00. The van der Waals surface area contributed by atoms with E-state index in [1.54, 1.807) is 4.90 Å². The minimum atomic E-state index is -0.0162. The Balaban J connectivity index is 1.48. The van der Waals surface area contributed by atoms with Crippen molar-refractivity contribution in [3.8, 4) is 0 Å². The molecule has 5 nitrogen and oxygen atoms in total. The Bertz CT molecular complexity index is 821. The molecule has 1 aromatic carbocycles. The first-order valence-corrected chi connectivity index (χ1v) is 10.3. The Morgan fingerprint density at radius 1 is 1.00 bits per heavy atom. The standard InChI is InChI=1S/C23H28N2O3/c1-17-10-13-21(28-17)15-24(14-18-6-3-2-4-7-18)22(26)16-25(20-11-12-20)23(27)19-8-5-9-19/h2-4,6-7,10,13,19-20H,5,8-9,11-12,14-16H2,1H3. The van der Waals surface area contributed by atoms with Crippen LogP contribution in [0, 0.1) is 12.8 Å². The molecular weight excluding hydrogens is 352 g/mol. The molecule has 0 atom stereocenters. The smallest absolute Gasteiger partial charge is 0.242 e. The number of hydrogen-bond acceptors (Lipinski definition) is 3. The van der Waals surface area contributed by atoms with Crippen LogP contribution in [-0.2, 0) is 22.7 Å². The maximum atomic E-state index is 13.2. The molecule has 0 radical (unpaired) electrons. The maximum Gasteiger partial charge on any atom is 0.242 e. The summed E-state index contributed by atoms with van der Waals surface area (Å²) >= 11 is 0. The van der Waals surface area contributed by atoms with Crippen LogP contribution in [0.25, 0.3) is 0 Å². The first-order valence-electron chi connectivity index (χ1n) is 10.3. The van der Waals surface area contributed by atoms with Gasteiger partial charge in [-0.3, -0.25) is 9.59 Å². The zero-order valence-electron chi connectivity index (χ0n) is 16.5. The molecule has 0 aliphatic heterocycles. The van der Waals surface area contributed by atoms with Gasteiger partial charge in [-0.1, -0.05) is 36.8 Å². The van der Waals surface area contributed by atoms with E-state index in [1.165, 1.54) is 0 Å². The van der Waals surface area contributed by atoms with Crippen molar-refractivity contribution in [2.45, 2.75) is 58.2 Å². The molecule has 2 aliphatic rings. The van der Waals surface area contributed by atoms with Crippen LogP contribution in [-0.4, -0.2) is 34.2 Å². The average Bonchev–Trinajstić information content (AvgIpc) is 3.40. The Kier molecular flexibility index (Phi) is 5.51. The highest BCUT2D eigenvalue weighted by atomic mass is 16.3. The Morgan fingerprint density at radius 2 is 1.75 bits per heavy atom. The summed E-state index contributed by atoms with van der Waals surface area (Å²) in [7, 11) is 0. The Hall–Kier alpha value is -2.56. The van der Waals surface area contributed by atoms with E-state index in [4.69, 9.17) is 4.42 Å². The lowest BCUT2D eigenvalue weighted by Gasteiger charge is -2.33. The SMILES string of the molecule is Cc1ccc(CN(Cc2ccccc2)C(=O)CN(C(=O)C2CCC2)C2CC2)o1. The van der Waals surface area contributed by atoms with E-state index in [0.717, 1.165) is 49.2 Å². The van der Waals surface area contributed by atoms with Gasteiger partial charge < -0.3 is 14.2 Å². The summed E-state index contributed by atoms with van der Waals surface area (Å²) in [4.78, 5) is 29.7. The highest BCUT2D eigenvalue weighted by Crippen LogP contribution is 2.34. The number of amides is 2. The minimum Gasteiger partial charge on any atom is -0.464 e. The summed E-state index contributed by atoms with van der Waals surface area (Å²) < 4.78 is 5.70. The number of carbonyl (C=O) groups is 2. The molecule has 2 aromatic rings. The fraction of sp³-hybridized carbons (Fsp3) is 0.478. The van der Waals surface area contributed by atoms with Crippen LogP contribution in [0.4, 0.5) is 0 Å². The van der Waals surface area contributed by atoms with Crippen LogP contribution in [0.5, 0.6) is 0 Å². The number of hydrogen-bond donors (Lipinski definition) is 0. The lowest BCUT2D eigenvalue weighted by atomic mass is 9.84. The molecule has 2 aliphatic carbocycles. The monoisotopic (exact) mass is 380 g/mol. The van der Waals surface area contributed by atoms with Crippen LogP contribution in [0.3, 0.4) is 0 Å². The number of aryl methyl sites for hydroxylation is 1. The quantitative estimate of drug-likeness (QED) is 0.698. The highest BCUT2D eigenvalue weighted by Gasteiger charge is 2.39. The van der Waals surface area contributed by atoms with E-state index < -0.39 is 0 Å². The predicted molar refractivity (Wildman–Crippen MR) is 106 cm³/mol. The normalized spacial score (nSPS) is 16.5. The molecule has 0 unspecified atom stereocenters. The fourth-order valence-electron chi connectivity index (χ4n) is 3.70. The molecule has 2 amide bonds. The molecule has 4 rings (SSSR count). The molecule has 1 aromatic heterocycles. The maximum absolute atomic E-state index is 13.2. The van der Waals surface area contributed by atoms with Crippen LogP contribution in [0.1, 0.15) is 49.2 Å². The predicted octanol–water partition coefficient (Wildman–Crippen LogP) is 3.91. The van der Waals surface area contributed by atoms with Gasteiger partial charge in [0, 0.05) is 18.5 Å². The van der Waals surface area contributed by atoms with Gasteiger partial charge in [-0.15, -0.1) is 0 Å². The van der Waals surface area contributed by atoms with Gasteiger partial charge in [-0.2, -0.15) is 0 Å². The topological polar surface area (TPSA) is 53.8 Å². The van der Waals surface area contributed by atoms with Crippen LogP contribution < -0.4 is 0 Å². The molecule has 5 heteroatoms. The molecule has 1 heterocycles. The number of rotatable bonds is 8. The molecule has 2 fully saturated rings. The van der Waals surface area contributed by atoms with Crippen LogP contribution >= 0.6 is 0 Å². The van der Waals surface area contributed by atoms with Gasteiger partial charge in [0.2, 0.25) is 11.8 Å². The van der Waals surface area contributed by atoms with Gasteiger partial charge in [0.15, 0.2) is 0 Å². The molecule has 2 saturated carbocycles. The van der Waals surface area contributed by atoms with Crippen molar-refractivity contribution in [1.82, 2.24) is 9.80 Å². The average molecular weight is 380 g/mol.